The molecule has 0 heterocycles. The van der Waals surface area contributed by atoms with E-state index in [1.807, 2.05) is 27.7 Å². The third-order valence-corrected chi connectivity index (χ3v) is 3.72. The number of benzene rings is 1. The van der Waals surface area contributed by atoms with E-state index >= 15 is 0 Å². The Morgan fingerprint density at radius 2 is 1.76 bits per heavy atom. The Kier molecular flexibility index (Phi) is 6.40. The van der Waals surface area contributed by atoms with Crippen LogP contribution in [-0.4, -0.2) is 23.0 Å². The zero-order valence-electron chi connectivity index (χ0n) is 13.3. The maximum absolute atomic E-state index is 11.9. The number of carboxylic acids is 1. The molecule has 0 spiro atoms. The maximum atomic E-state index is 11.9. The van der Waals surface area contributed by atoms with E-state index < -0.39 is 12.0 Å². The largest absolute Gasteiger partial charge is 0.480 e. The molecular formula is C17H25NO3. The second-order valence-electron chi connectivity index (χ2n) is 5.76. The second-order valence-corrected chi connectivity index (χ2v) is 5.76. The first-order chi connectivity index (χ1) is 9.83. The standard InChI is InChI=1S/C17H25NO3/c1-5-13(4)16(17(20)21)18-15(19)7-6-14-9-11(2)8-12(3)10-14/h8-10,13,16H,5-7H2,1-4H3,(H,18,19)(H,20,21). The Morgan fingerprint density at radius 3 is 2.24 bits per heavy atom. The van der Waals surface area contributed by atoms with Gasteiger partial charge in [0.2, 0.25) is 5.91 Å². The van der Waals surface area contributed by atoms with Gasteiger partial charge in [-0.15, -0.1) is 0 Å². The molecule has 116 valence electrons. The number of amides is 1. The number of carbonyl (C=O) groups excluding carboxylic acids is 1. The van der Waals surface area contributed by atoms with E-state index in [-0.39, 0.29) is 11.8 Å². The molecule has 4 heteroatoms. The summed E-state index contributed by atoms with van der Waals surface area (Å²) in [6.07, 6.45) is 1.65. The number of hydrogen-bond acceptors (Lipinski definition) is 2. The van der Waals surface area contributed by atoms with Gasteiger partial charge in [-0.2, -0.15) is 0 Å². The zero-order chi connectivity index (χ0) is 16.0. The van der Waals surface area contributed by atoms with Crippen LogP contribution >= 0.6 is 0 Å². The van der Waals surface area contributed by atoms with Gasteiger partial charge in [-0.1, -0.05) is 49.6 Å². The van der Waals surface area contributed by atoms with E-state index in [1.165, 1.54) is 11.1 Å². The van der Waals surface area contributed by atoms with Crippen LogP contribution in [0.15, 0.2) is 18.2 Å². The Morgan fingerprint density at radius 1 is 1.19 bits per heavy atom. The molecule has 1 rings (SSSR count). The molecule has 1 amide bonds. The lowest BCUT2D eigenvalue weighted by Crippen LogP contribution is -2.45. The lowest BCUT2D eigenvalue weighted by Gasteiger charge is -2.20. The number of aliphatic carboxylic acids is 1. The fourth-order valence-corrected chi connectivity index (χ4v) is 2.40. The molecule has 2 atom stereocenters. The van der Waals surface area contributed by atoms with Gasteiger partial charge in [-0.25, -0.2) is 4.79 Å². The first-order valence-electron chi connectivity index (χ1n) is 7.42. The van der Waals surface area contributed by atoms with Crippen molar-refractivity contribution in [2.45, 2.75) is 53.0 Å². The van der Waals surface area contributed by atoms with Crippen molar-refractivity contribution in [3.05, 3.63) is 34.9 Å². The van der Waals surface area contributed by atoms with Gasteiger partial charge in [-0.05, 0) is 31.7 Å². The van der Waals surface area contributed by atoms with Gasteiger partial charge in [0.25, 0.3) is 0 Å². The summed E-state index contributed by atoms with van der Waals surface area (Å²) >= 11 is 0. The highest BCUT2D eigenvalue weighted by Crippen LogP contribution is 2.12. The van der Waals surface area contributed by atoms with Crippen molar-refractivity contribution in [3.63, 3.8) is 0 Å². The first kappa shape index (κ1) is 17.2. The predicted molar refractivity (Wildman–Crippen MR) is 83.3 cm³/mol. The van der Waals surface area contributed by atoms with Crippen LogP contribution in [0.1, 0.15) is 43.4 Å². The normalized spacial score (nSPS) is 13.5. The number of carbonyl (C=O) groups is 2. The van der Waals surface area contributed by atoms with Crippen LogP contribution in [0.4, 0.5) is 0 Å². The third-order valence-electron chi connectivity index (χ3n) is 3.72. The molecular weight excluding hydrogens is 266 g/mol. The van der Waals surface area contributed by atoms with Gasteiger partial charge in [0.1, 0.15) is 6.04 Å². The Balaban J connectivity index is 2.58. The van der Waals surface area contributed by atoms with E-state index in [4.69, 9.17) is 5.11 Å². The van der Waals surface area contributed by atoms with Crippen LogP contribution in [0.3, 0.4) is 0 Å². The van der Waals surface area contributed by atoms with Crippen LogP contribution in [-0.2, 0) is 16.0 Å². The quantitative estimate of drug-likeness (QED) is 0.811. The molecule has 21 heavy (non-hydrogen) atoms. The Hall–Kier alpha value is -1.84. The van der Waals surface area contributed by atoms with Crippen molar-refractivity contribution in [3.8, 4) is 0 Å². The molecule has 1 aromatic carbocycles. The van der Waals surface area contributed by atoms with E-state index in [9.17, 15) is 9.59 Å². The highest BCUT2D eigenvalue weighted by molar-refractivity contribution is 5.83. The molecule has 0 bridgehead atoms. The Bertz CT molecular complexity index is 491. The smallest absolute Gasteiger partial charge is 0.326 e. The van der Waals surface area contributed by atoms with E-state index in [1.54, 1.807) is 0 Å². The van der Waals surface area contributed by atoms with Crippen LogP contribution in [0.5, 0.6) is 0 Å². The van der Waals surface area contributed by atoms with Gasteiger partial charge < -0.3 is 10.4 Å². The third kappa shape index (κ3) is 5.58. The zero-order valence-corrected chi connectivity index (χ0v) is 13.3. The molecule has 0 aliphatic rings. The van der Waals surface area contributed by atoms with Crippen molar-refractivity contribution < 1.29 is 14.7 Å². The summed E-state index contributed by atoms with van der Waals surface area (Å²) in [6, 6.07) is 5.40. The Labute approximate surface area is 126 Å². The molecule has 2 unspecified atom stereocenters. The predicted octanol–water partition coefficient (Wildman–Crippen LogP) is 2.85. The van der Waals surface area contributed by atoms with Crippen LogP contribution in [0.2, 0.25) is 0 Å². The molecule has 2 N–H and O–H groups in total. The van der Waals surface area contributed by atoms with E-state index in [0.717, 1.165) is 5.56 Å². The summed E-state index contributed by atoms with van der Waals surface area (Å²) in [7, 11) is 0. The average molecular weight is 291 g/mol. The molecule has 0 radical (unpaired) electrons. The van der Waals surface area contributed by atoms with E-state index in [0.29, 0.717) is 19.3 Å². The van der Waals surface area contributed by atoms with Gasteiger partial charge in [-0.3, -0.25) is 4.79 Å². The molecule has 0 aliphatic carbocycles. The van der Waals surface area contributed by atoms with Crippen molar-refractivity contribution in [2.75, 3.05) is 0 Å². The van der Waals surface area contributed by atoms with Gasteiger partial charge in [0.15, 0.2) is 0 Å². The minimum Gasteiger partial charge on any atom is -0.480 e. The molecule has 0 aromatic heterocycles. The van der Waals surface area contributed by atoms with Crippen molar-refractivity contribution in [2.24, 2.45) is 5.92 Å². The van der Waals surface area contributed by atoms with Gasteiger partial charge in [0, 0.05) is 6.42 Å². The molecule has 0 aliphatic heterocycles. The average Bonchev–Trinajstić information content (AvgIpc) is 2.40. The molecule has 0 saturated carbocycles. The SMILES string of the molecule is CCC(C)C(NC(=O)CCc1cc(C)cc(C)c1)C(=O)O. The number of nitrogens with one attached hydrogen (secondary N) is 1. The summed E-state index contributed by atoms with van der Waals surface area (Å²) in [5.74, 6) is -1.25. The van der Waals surface area contributed by atoms with Gasteiger partial charge >= 0.3 is 5.97 Å². The van der Waals surface area contributed by atoms with Crippen LogP contribution in [0, 0.1) is 19.8 Å². The van der Waals surface area contributed by atoms with Crippen molar-refractivity contribution >= 4 is 11.9 Å². The number of aryl methyl sites for hydroxylation is 3. The van der Waals surface area contributed by atoms with Gasteiger partial charge in [0.05, 0.1) is 0 Å². The first-order valence-corrected chi connectivity index (χ1v) is 7.42. The maximum Gasteiger partial charge on any atom is 0.326 e. The summed E-state index contributed by atoms with van der Waals surface area (Å²) in [6.45, 7) is 7.81. The second kappa shape index (κ2) is 7.81. The van der Waals surface area contributed by atoms with Crippen molar-refractivity contribution in [1.29, 1.82) is 0 Å². The summed E-state index contributed by atoms with van der Waals surface area (Å²) < 4.78 is 0. The topological polar surface area (TPSA) is 66.4 Å². The number of hydrogen-bond donors (Lipinski definition) is 2. The molecule has 0 saturated heterocycles. The summed E-state index contributed by atoms with van der Waals surface area (Å²) in [5, 5.41) is 11.8. The molecule has 1 aromatic rings. The van der Waals surface area contributed by atoms with Crippen LogP contribution < -0.4 is 5.32 Å². The molecule has 0 fully saturated rings. The summed E-state index contributed by atoms with van der Waals surface area (Å²) in [4.78, 5) is 23.1. The minimum atomic E-state index is -0.968. The van der Waals surface area contributed by atoms with E-state index in [2.05, 4.69) is 23.5 Å². The number of carboxylic acid groups (broad SMARTS) is 1. The lowest BCUT2D eigenvalue weighted by atomic mass is 9.98. The number of rotatable bonds is 7. The monoisotopic (exact) mass is 291 g/mol. The van der Waals surface area contributed by atoms with Crippen molar-refractivity contribution in [1.82, 2.24) is 5.32 Å². The molecule has 4 nitrogen and oxygen atoms in total. The van der Waals surface area contributed by atoms with Crippen LogP contribution in [0.25, 0.3) is 0 Å². The fourth-order valence-electron chi connectivity index (χ4n) is 2.40. The minimum absolute atomic E-state index is 0.0762. The highest BCUT2D eigenvalue weighted by Gasteiger charge is 2.24. The fraction of sp³-hybridized carbons (Fsp3) is 0.529. The highest BCUT2D eigenvalue weighted by atomic mass is 16.4. The summed E-state index contributed by atoms with van der Waals surface area (Å²) in [5.41, 5.74) is 3.46. The lowest BCUT2D eigenvalue weighted by molar-refractivity contribution is -0.143.